The number of pyridine rings is 1. The standard InChI is InChI=1S/C11H9BrN4O/c1-7-13-4-8(5-14-7)11(17)16-10-3-2-9(12)6-15-10/h2-6H,1H3,(H,15,16,17). The second-order valence-corrected chi connectivity index (χ2v) is 4.25. The largest absolute Gasteiger partial charge is 0.306 e. The number of aromatic nitrogens is 3. The van der Waals surface area contributed by atoms with E-state index in [2.05, 4.69) is 36.2 Å². The van der Waals surface area contributed by atoms with Gasteiger partial charge in [-0.1, -0.05) is 0 Å². The number of aryl methyl sites for hydroxylation is 1. The van der Waals surface area contributed by atoms with Crippen LogP contribution in [0.2, 0.25) is 0 Å². The van der Waals surface area contributed by atoms with Crippen molar-refractivity contribution in [3.05, 3.63) is 46.6 Å². The summed E-state index contributed by atoms with van der Waals surface area (Å²) in [6, 6.07) is 3.51. The Balaban J connectivity index is 2.11. The van der Waals surface area contributed by atoms with Crippen molar-refractivity contribution in [2.24, 2.45) is 0 Å². The topological polar surface area (TPSA) is 67.8 Å². The first-order valence-corrected chi connectivity index (χ1v) is 5.66. The highest BCUT2D eigenvalue weighted by Gasteiger charge is 2.07. The molecule has 0 aliphatic heterocycles. The third-order valence-corrected chi connectivity index (χ3v) is 2.48. The lowest BCUT2D eigenvalue weighted by atomic mass is 10.3. The maximum absolute atomic E-state index is 11.8. The number of carbonyl (C=O) groups excluding carboxylic acids is 1. The fourth-order valence-corrected chi connectivity index (χ4v) is 1.38. The van der Waals surface area contributed by atoms with E-state index >= 15 is 0 Å². The average Bonchev–Trinajstić information content (AvgIpc) is 2.33. The van der Waals surface area contributed by atoms with Gasteiger partial charge in [-0.2, -0.15) is 0 Å². The van der Waals surface area contributed by atoms with E-state index < -0.39 is 0 Å². The number of hydrogen-bond donors (Lipinski definition) is 1. The summed E-state index contributed by atoms with van der Waals surface area (Å²) in [5.74, 6) is 0.835. The molecular formula is C11H9BrN4O. The van der Waals surface area contributed by atoms with Gasteiger partial charge in [-0.15, -0.1) is 0 Å². The van der Waals surface area contributed by atoms with Crippen LogP contribution in [0, 0.1) is 6.92 Å². The molecule has 1 amide bonds. The quantitative estimate of drug-likeness (QED) is 0.921. The van der Waals surface area contributed by atoms with Gasteiger partial charge < -0.3 is 5.32 Å². The van der Waals surface area contributed by atoms with Gasteiger partial charge in [-0.05, 0) is 35.0 Å². The summed E-state index contributed by atoms with van der Waals surface area (Å²) in [5.41, 5.74) is 0.403. The molecule has 0 aromatic carbocycles. The minimum atomic E-state index is -0.278. The molecule has 17 heavy (non-hydrogen) atoms. The molecule has 0 unspecified atom stereocenters. The highest BCUT2D eigenvalue weighted by molar-refractivity contribution is 9.10. The zero-order chi connectivity index (χ0) is 12.3. The molecule has 2 aromatic heterocycles. The van der Waals surface area contributed by atoms with Crippen molar-refractivity contribution in [2.75, 3.05) is 5.32 Å². The van der Waals surface area contributed by atoms with Crippen molar-refractivity contribution in [3.63, 3.8) is 0 Å². The monoisotopic (exact) mass is 292 g/mol. The Bertz CT molecular complexity index is 524. The highest BCUT2D eigenvalue weighted by Crippen LogP contribution is 2.11. The highest BCUT2D eigenvalue weighted by atomic mass is 79.9. The van der Waals surface area contributed by atoms with Crippen LogP contribution in [0.4, 0.5) is 5.82 Å². The van der Waals surface area contributed by atoms with E-state index in [0.717, 1.165) is 4.47 Å². The first-order valence-electron chi connectivity index (χ1n) is 4.87. The molecule has 5 nitrogen and oxygen atoms in total. The Labute approximate surface area is 106 Å². The number of anilines is 1. The third kappa shape index (κ3) is 3.07. The zero-order valence-electron chi connectivity index (χ0n) is 9.01. The van der Waals surface area contributed by atoms with E-state index in [1.165, 1.54) is 12.4 Å². The molecule has 0 atom stereocenters. The minimum absolute atomic E-state index is 0.278. The minimum Gasteiger partial charge on any atom is -0.306 e. The second-order valence-electron chi connectivity index (χ2n) is 3.33. The molecule has 0 saturated carbocycles. The molecule has 2 heterocycles. The van der Waals surface area contributed by atoms with Crippen LogP contribution in [-0.2, 0) is 0 Å². The van der Waals surface area contributed by atoms with Gasteiger partial charge in [0.1, 0.15) is 11.6 Å². The summed E-state index contributed by atoms with van der Waals surface area (Å²) in [6.45, 7) is 1.76. The van der Waals surface area contributed by atoms with Gasteiger partial charge in [0.2, 0.25) is 0 Å². The van der Waals surface area contributed by atoms with Crippen LogP contribution in [0.15, 0.2) is 35.2 Å². The lowest BCUT2D eigenvalue weighted by Crippen LogP contribution is -2.13. The first kappa shape index (κ1) is 11.7. The maximum Gasteiger partial charge on any atom is 0.259 e. The van der Waals surface area contributed by atoms with Crippen molar-refractivity contribution < 1.29 is 4.79 Å². The number of carbonyl (C=O) groups is 1. The van der Waals surface area contributed by atoms with Crippen molar-refractivity contribution in [1.82, 2.24) is 15.0 Å². The Hall–Kier alpha value is -1.82. The van der Waals surface area contributed by atoms with Gasteiger partial charge in [0.05, 0.1) is 5.56 Å². The Kier molecular flexibility index (Phi) is 3.43. The lowest BCUT2D eigenvalue weighted by Gasteiger charge is -2.03. The summed E-state index contributed by atoms with van der Waals surface area (Å²) in [5, 5.41) is 2.65. The van der Waals surface area contributed by atoms with Crippen LogP contribution in [0.25, 0.3) is 0 Å². The van der Waals surface area contributed by atoms with Crippen molar-refractivity contribution >= 4 is 27.7 Å². The fourth-order valence-electron chi connectivity index (χ4n) is 1.15. The van der Waals surface area contributed by atoms with Gasteiger partial charge in [-0.25, -0.2) is 15.0 Å². The summed E-state index contributed by atoms with van der Waals surface area (Å²) in [4.78, 5) is 23.7. The van der Waals surface area contributed by atoms with Crippen LogP contribution in [0.3, 0.4) is 0 Å². The molecule has 0 saturated heterocycles. The van der Waals surface area contributed by atoms with Gasteiger partial charge >= 0.3 is 0 Å². The van der Waals surface area contributed by atoms with Gasteiger partial charge in [0.15, 0.2) is 0 Å². The summed E-state index contributed by atoms with van der Waals surface area (Å²) in [7, 11) is 0. The number of rotatable bonds is 2. The van der Waals surface area contributed by atoms with Crippen LogP contribution < -0.4 is 5.32 Å². The molecule has 6 heteroatoms. The summed E-state index contributed by atoms with van der Waals surface area (Å²) in [6.07, 6.45) is 4.58. The summed E-state index contributed by atoms with van der Waals surface area (Å²) >= 11 is 3.27. The van der Waals surface area contributed by atoms with Crippen molar-refractivity contribution in [3.8, 4) is 0 Å². The molecule has 0 radical (unpaired) electrons. The van der Waals surface area contributed by atoms with Crippen molar-refractivity contribution in [1.29, 1.82) is 0 Å². The molecule has 2 rings (SSSR count). The van der Waals surface area contributed by atoms with Crippen LogP contribution >= 0.6 is 15.9 Å². The molecule has 0 aliphatic carbocycles. The third-order valence-electron chi connectivity index (χ3n) is 2.01. The molecular weight excluding hydrogens is 284 g/mol. The molecule has 1 N–H and O–H groups in total. The van der Waals surface area contributed by atoms with Crippen LogP contribution in [0.5, 0.6) is 0 Å². The molecule has 0 fully saturated rings. The number of nitrogens with one attached hydrogen (secondary N) is 1. The molecule has 0 spiro atoms. The van der Waals surface area contributed by atoms with Gasteiger partial charge in [-0.3, -0.25) is 4.79 Å². The fraction of sp³-hybridized carbons (Fsp3) is 0.0909. The van der Waals surface area contributed by atoms with Gasteiger partial charge in [0.25, 0.3) is 5.91 Å². The van der Waals surface area contributed by atoms with E-state index in [1.807, 2.05) is 0 Å². The van der Waals surface area contributed by atoms with E-state index in [9.17, 15) is 4.79 Å². The zero-order valence-corrected chi connectivity index (χ0v) is 10.6. The Morgan fingerprint density at radius 2 is 1.88 bits per heavy atom. The average molecular weight is 293 g/mol. The van der Waals surface area contributed by atoms with E-state index in [4.69, 9.17) is 0 Å². The summed E-state index contributed by atoms with van der Waals surface area (Å²) < 4.78 is 0.856. The second kappa shape index (κ2) is 5.01. The normalized spacial score (nSPS) is 10.0. The van der Waals surface area contributed by atoms with E-state index in [1.54, 1.807) is 25.3 Å². The molecule has 2 aromatic rings. The van der Waals surface area contributed by atoms with Gasteiger partial charge in [0, 0.05) is 23.1 Å². The smallest absolute Gasteiger partial charge is 0.259 e. The van der Waals surface area contributed by atoms with Crippen molar-refractivity contribution in [2.45, 2.75) is 6.92 Å². The molecule has 0 aliphatic rings. The molecule has 86 valence electrons. The SMILES string of the molecule is Cc1ncc(C(=O)Nc2ccc(Br)cn2)cn1. The predicted molar refractivity (Wildman–Crippen MR) is 66.7 cm³/mol. The Morgan fingerprint density at radius 3 is 2.47 bits per heavy atom. The number of halogens is 1. The Morgan fingerprint density at radius 1 is 1.18 bits per heavy atom. The number of hydrogen-bond acceptors (Lipinski definition) is 4. The van der Waals surface area contributed by atoms with Crippen LogP contribution in [-0.4, -0.2) is 20.9 Å². The lowest BCUT2D eigenvalue weighted by molar-refractivity contribution is 0.102. The predicted octanol–water partition coefficient (Wildman–Crippen LogP) is 2.19. The maximum atomic E-state index is 11.8. The number of nitrogens with zero attached hydrogens (tertiary/aromatic N) is 3. The van der Waals surface area contributed by atoms with E-state index in [-0.39, 0.29) is 5.91 Å². The number of amides is 1. The molecule has 0 bridgehead atoms. The first-order chi connectivity index (χ1) is 8.15. The van der Waals surface area contributed by atoms with E-state index in [0.29, 0.717) is 17.2 Å². The van der Waals surface area contributed by atoms with Crippen LogP contribution in [0.1, 0.15) is 16.2 Å².